The molecule has 0 N–H and O–H groups in total. The Balaban J connectivity index is 1.99. The van der Waals surface area contributed by atoms with Crippen LogP contribution >= 0.6 is 0 Å². The van der Waals surface area contributed by atoms with E-state index in [1.165, 1.54) is 24.4 Å². The van der Waals surface area contributed by atoms with Gasteiger partial charge in [0.2, 0.25) is 0 Å². The van der Waals surface area contributed by atoms with Gasteiger partial charge in [-0.05, 0) is 60.2 Å². The number of hydrogen-bond acceptors (Lipinski definition) is 5. The van der Waals surface area contributed by atoms with E-state index in [4.69, 9.17) is 4.74 Å². The highest BCUT2D eigenvalue weighted by molar-refractivity contribution is 7.90. The summed E-state index contributed by atoms with van der Waals surface area (Å²) in [6.45, 7) is 0.481. The van der Waals surface area contributed by atoms with Gasteiger partial charge in [-0.15, -0.1) is 0 Å². The average molecular weight is 422 g/mol. The molecule has 152 valence electrons. The lowest BCUT2D eigenvalue weighted by atomic mass is 9.94. The number of nitriles is 1. The fourth-order valence-electron chi connectivity index (χ4n) is 3.20. The lowest BCUT2D eigenvalue weighted by Gasteiger charge is -2.18. The highest BCUT2D eigenvalue weighted by atomic mass is 32.2. The molecule has 5 nitrogen and oxygen atoms in total. The number of aromatic nitrogens is 1. The predicted molar refractivity (Wildman–Crippen MR) is 111 cm³/mol. The van der Waals surface area contributed by atoms with E-state index in [0.29, 0.717) is 46.1 Å². The molecule has 0 bridgehead atoms. The summed E-state index contributed by atoms with van der Waals surface area (Å²) in [5.74, 6) is 0.469. The van der Waals surface area contributed by atoms with Crippen molar-refractivity contribution in [2.45, 2.75) is 17.7 Å². The fraction of sp³-hybridized carbons (Fsp3) is 0.217. The Kier molecular flexibility index (Phi) is 5.27. The summed E-state index contributed by atoms with van der Waals surface area (Å²) >= 11 is 0. The number of ether oxygens (including phenoxy) is 1. The quantitative estimate of drug-likeness (QED) is 0.579. The third kappa shape index (κ3) is 4.34. The SMILES string of the molecule is CS(=O)(=O)c1cc(OCC2CC2)c(-c2cncc(C#N)c2)c(-c2ccc(F)cc2)c1. The Morgan fingerprint density at radius 1 is 1.13 bits per heavy atom. The van der Waals surface area contributed by atoms with Crippen molar-refractivity contribution in [1.82, 2.24) is 4.98 Å². The van der Waals surface area contributed by atoms with Crippen LogP contribution in [0.25, 0.3) is 22.3 Å². The number of nitrogens with zero attached hydrogens (tertiary/aromatic N) is 2. The minimum Gasteiger partial charge on any atom is -0.493 e. The van der Waals surface area contributed by atoms with Crippen LogP contribution in [0.4, 0.5) is 4.39 Å². The number of halogens is 1. The Morgan fingerprint density at radius 3 is 2.50 bits per heavy atom. The molecule has 0 atom stereocenters. The van der Waals surface area contributed by atoms with E-state index in [0.717, 1.165) is 19.1 Å². The zero-order valence-electron chi connectivity index (χ0n) is 16.3. The van der Waals surface area contributed by atoms with Crippen molar-refractivity contribution in [1.29, 1.82) is 5.26 Å². The molecule has 0 saturated heterocycles. The van der Waals surface area contributed by atoms with Gasteiger partial charge >= 0.3 is 0 Å². The summed E-state index contributed by atoms with van der Waals surface area (Å²) < 4.78 is 44.3. The molecule has 1 fully saturated rings. The van der Waals surface area contributed by atoms with Gasteiger partial charge in [0.1, 0.15) is 17.6 Å². The standard InChI is InChI=1S/C23H19FN2O3S/c1-30(27,28)20-9-21(17-4-6-19(24)7-5-17)23(18-8-16(11-25)12-26-13-18)22(10-20)29-14-15-2-3-15/h4-10,12-13,15H,2-3,14H2,1H3. The van der Waals surface area contributed by atoms with Gasteiger partial charge in [-0.1, -0.05) is 12.1 Å². The monoisotopic (exact) mass is 422 g/mol. The maximum atomic E-state index is 13.5. The molecule has 0 spiro atoms. The van der Waals surface area contributed by atoms with Gasteiger partial charge < -0.3 is 4.74 Å². The highest BCUT2D eigenvalue weighted by Crippen LogP contribution is 2.42. The van der Waals surface area contributed by atoms with Gasteiger partial charge in [0.05, 0.1) is 17.1 Å². The van der Waals surface area contributed by atoms with Crippen LogP contribution in [0.3, 0.4) is 0 Å². The minimum absolute atomic E-state index is 0.112. The van der Waals surface area contributed by atoms with Crippen molar-refractivity contribution in [3.8, 4) is 34.1 Å². The molecule has 30 heavy (non-hydrogen) atoms. The molecule has 1 aromatic heterocycles. The summed E-state index contributed by atoms with van der Waals surface area (Å²) in [5.41, 5.74) is 2.83. The number of pyridine rings is 1. The van der Waals surface area contributed by atoms with Gasteiger partial charge in [-0.3, -0.25) is 4.98 Å². The maximum Gasteiger partial charge on any atom is 0.175 e. The number of rotatable bonds is 6. The van der Waals surface area contributed by atoms with Crippen LogP contribution in [0.15, 0.2) is 59.8 Å². The Labute approximate surface area is 174 Å². The topological polar surface area (TPSA) is 80.1 Å². The first-order valence-corrected chi connectivity index (χ1v) is 11.4. The Morgan fingerprint density at radius 2 is 1.87 bits per heavy atom. The molecule has 0 radical (unpaired) electrons. The van der Waals surface area contributed by atoms with Gasteiger partial charge in [-0.25, -0.2) is 12.8 Å². The third-order valence-electron chi connectivity index (χ3n) is 4.99. The lowest BCUT2D eigenvalue weighted by Crippen LogP contribution is -2.05. The number of benzene rings is 2. The third-order valence-corrected chi connectivity index (χ3v) is 6.08. The number of sulfone groups is 1. The predicted octanol–water partition coefficient (Wildman–Crippen LogP) is 4.62. The molecule has 0 aliphatic heterocycles. The normalized spacial score (nSPS) is 13.6. The Hall–Kier alpha value is -3.24. The summed E-state index contributed by atoms with van der Waals surface area (Å²) in [4.78, 5) is 4.26. The van der Waals surface area contributed by atoms with Crippen LogP contribution in [0.5, 0.6) is 5.75 Å². The van der Waals surface area contributed by atoms with E-state index in [9.17, 15) is 18.1 Å². The molecular weight excluding hydrogens is 403 g/mol. The van der Waals surface area contributed by atoms with Gasteiger partial charge in [0.15, 0.2) is 9.84 Å². The molecule has 3 aromatic rings. The van der Waals surface area contributed by atoms with E-state index in [1.807, 2.05) is 0 Å². The lowest BCUT2D eigenvalue weighted by molar-refractivity contribution is 0.300. The van der Waals surface area contributed by atoms with Crippen molar-refractivity contribution in [3.05, 3.63) is 66.2 Å². The molecular formula is C23H19FN2O3S. The minimum atomic E-state index is -3.52. The molecule has 4 rings (SSSR count). The summed E-state index contributed by atoms with van der Waals surface area (Å²) in [5, 5.41) is 9.29. The average Bonchev–Trinajstić information content (AvgIpc) is 3.56. The maximum absolute atomic E-state index is 13.5. The summed E-state index contributed by atoms with van der Waals surface area (Å²) in [6.07, 6.45) is 6.36. The second-order valence-corrected chi connectivity index (χ2v) is 9.47. The van der Waals surface area contributed by atoms with Crippen LogP contribution in [0, 0.1) is 23.1 Å². The van der Waals surface area contributed by atoms with Gasteiger partial charge in [0.25, 0.3) is 0 Å². The second kappa shape index (κ2) is 7.88. The van der Waals surface area contributed by atoms with Crippen molar-refractivity contribution in [3.63, 3.8) is 0 Å². The smallest absolute Gasteiger partial charge is 0.175 e. The van der Waals surface area contributed by atoms with E-state index in [2.05, 4.69) is 11.1 Å². The van der Waals surface area contributed by atoms with Crippen LogP contribution < -0.4 is 4.74 Å². The largest absolute Gasteiger partial charge is 0.493 e. The molecule has 1 aliphatic carbocycles. The molecule has 1 heterocycles. The summed E-state index contributed by atoms with van der Waals surface area (Å²) in [6, 6.07) is 12.6. The van der Waals surface area contributed by atoms with Crippen molar-refractivity contribution in [2.75, 3.05) is 12.9 Å². The van der Waals surface area contributed by atoms with Crippen molar-refractivity contribution in [2.24, 2.45) is 5.92 Å². The van der Waals surface area contributed by atoms with Gasteiger partial charge in [-0.2, -0.15) is 5.26 Å². The zero-order valence-corrected chi connectivity index (χ0v) is 17.1. The van der Waals surface area contributed by atoms with Crippen molar-refractivity contribution >= 4 is 9.84 Å². The highest BCUT2D eigenvalue weighted by Gasteiger charge is 2.25. The van der Waals surface area contributed by atoms with Gasteiger partial charge in [0, 0.05) is 29.8 Å². The Bertz CT molecular complexity index is 1240. The van der Waals surface area contributed by atoms with E-state index in [-0.39, 0.29) is 4.90 Å². The fourth-order valence-corrected chi connectivity index (χ4v) is 3.86. The van der Waals surface area contributed by atoms with Crippen LogP contribution in [-0.2, 0) is 9.84 Å². The molecule has 1 aliphatic rings. The van der Waals surface area contributed by atoms with Crippen LogP contribution in [0.2, 0.25) is 0 Å². The van der Waals surface area contributed by atoms with Crippen LogP contribution in [-0.4, -0.2) is 26.3 Å². The van der Waals surface area contributed by atoms with E-state index >= 15 is 0 Å². The molecule has 0 amide bonds. The van der Waals surface area contributed by atoms with Crippen molar-refractivity contribution < 1.29 is 17.5 Å². The number of hydrogen-bond donors (Lipinski definition) is 0. The van der Waals surface area contributed by atoms with E-state index < -0.39 is 15.7 Å². The zero-order chi connectivity index (χ0) is 21.3. The van der Waals surface area contributed by atoms with Crippen LogP contribution in [0.1, 0.15) is 18.4 Å². The molecule has 7 heteroatoms. The molecule has 1 saturated carbocycles. The second-order valence-electron chi connectivity index (χ2n) is 7.45. The summed E-state index contributed by atoms with van der Waals surface area (Å²) in [7, 11) is -3.52. The first-order chi connectivity index (χ1) is 14.3. The van der Waals surface area contributed by atoms with E-state index in [1.54, 1.807) is 30.5 Å². The first kappa shape index (κ1) is 20.0. The first-order valence-electron chi connectivity index (χ1n) is 9.47. The molecule has 0 unspecified atom stereocenters. The molecule has 2 aromatic carbocycles.